The molecule has 0 atom stereocenters. The fourth-order valence-electron chi connectivity index (χ4n) is 1.64. The van der Waals surface area contributed by atoms with Crippen LogP contribution in [0.3, 0.4) is 0 Å². The topological polar surface area (TPSA) is 46.2 Å². The Morgan fingerprint density at radius 1 is 1.43 bits per heavy atom. The molecule has 0 unspecified atom stereocenters. The molecule has 0 radical (unpaired) electrons. The Kier molecular flexibility index (Phi) is 2.23. The average Bonchev–Trinajstić information content (AvgIpc) is 2.16. The molecule has 1 heterocycles. The minimum atomic E-state index is -3.07. The highest BCUT2D eigenvalue weighted by molar-refractivity contribution is 7.92. The molecule has 1 N–H and O–H groups in total. The second kappa shape index (κ2) is 3.28. The van der Waals surface area contributed by atoms with Crippen molar-refractivity contribution in [2.24, 2.45) is 0 Å². The number of nitrogens with one attached hydrogen (secondary N) is 1. The predicted molar refractivity (Wildman–Crippen MR) is 56.9 cm³/mol. The van der Waals surface area contributed by atoms with Gasteiger partial charge in [0.25, 0.3) is 0 Å². The number of hydrogen-bond acceptors (Lipinski definition) is 2. The Morgan fingerprint density at radius 2 is 2.21 bits per heavy atom. The highest BCUT2D eigenvalue weighted by Gasteiger charge is 2.19. The van der Waals surface area contributed by atoms with Gasteiger partial charge in [0, 0.05) is 0 Å². The van der Waals surface area contributed by atoms with Crippen LogP contribution in [-0.4, -0.2) is 14.2 Å². The standard InChI is InChI=1S/C10H13NO2S/c1-2-8-3-4-10-9(7-8)5-6-14(12,13)11-10/h3-4,7,11H,2,5-6H2,1H3. The highest BCUT2D eigenvalue weighted by Crippen LogP contribution is 2.24. The summed E-state index contributed by atoms with van der Waals surface area (Å²) in [6.45, 7) is 2.09. The van der Waals surface area contributed by atoms with Crippen LogP contribution in [0.5, 0.6) is 0 Å². The molecule has 0 fully saturated rings. The van der Waals surface area contributed by atoms with Gasteiger partial charge in [-0.1, -0.05) is 19.1 Å². The zero-order valence-corrected chi connectivity index (χ0v) is 8.89. The third-order valence-electron chi connectivity index (χ3n) is 2.48. The lowest BCUT2D eigenvalue weighted by atomic mass is 10.1. The second-order valence-electron chi connectivity index (χ2n) is 3.52. The lowest BCUT2D eigenvalue weighted by Gasteiger charge is -2.18. The molecule has 2 rings (SSSR count). The van der Waals surface area contributed by atoms with E-state index >= 15 is 0 Å². The maximum atomic E-state index is 11.3. The molecule has 1 aliphatic rings. The van der Waals surface area contributed by atoms with Crippen LogP contribution in [-0.2, 0) is 22.9 Å². The lowest BCUT2D eigenvalue weighted by molar-refractivity contribution is 0.599. The van der Waals surface area contributed by atoms with Crippen LogP contribution in [0, 0.1) is 0 Å². The molecule has 0 aromatic heterocycles. The predicted octanol–water partition coefficient (Wildman–Crippen LogP) is 1.55. The van der Waals surface area contributed by atoms with Crippen molar-refractivity contribution >= 4 is 15.7 Å². The monoisotopic (exact) mass is 211 g/mol. The molecule has 1 aromatic rings. The number of benzene rings is 1. The average molecular weight is 211 g/mol. The second-order valence-corrected chi connectivity index (χ2v) is 5.36. The van der Waals surface area contributed by atoms with E-state index in [0.717, 1.165) is 17.7 Å². The lowest BCUT2D eigenvalue weighted by Crippen LogP contribution is -2.24. The normalized spacial score (nSPS) is 18.4. The highest BCUT2D eigenvalue weighted by atomic mass is 32.2. The van der Waals surface area contributed by atoms with Crippen LogP contribution < -0.4 is 4.72 Å². The van der Waals surface area contributed by atoms with Crippen LogP contribution in [0.2, 0.25) is 0 Å². The molecule has 0 spiro atoms. The summed E-state index contributed by atoms with van der Waals surface area (Å²) in [7, 11) is -3.07. The molecule has 1 aliphatic heterocycles. The van der Waals surface area contributed by atoms with Crippen molar-refractivity contribution in [3.05, 3.63) is 29.3 Å². The zero-order chi connectivity index (χ0) is 10.2. The largest absolute Gasteiger partial charge is 0.283 e. The van der Waals surface area contributed by atoms with Crippen molar-refractivity contribution in [2.75, 3.05) is 10.5 Å². The number of aryl methyl sites for hydroxylation is 2. The quantitative estimate of drug-likeness (QED) is 0.766. The molecule has 14 heavy (non-hydrogen) atoms. The molecule has 0 aliphatic carbocycles. The minimum Gasteiger partial charge on any atom is -0.283 e. The van der Waals surface area contributed by atoms with E-state index in [-0.39, 0.29) is 5.75 Å². The van der Waals surface area contributed by atoms with Gasteiger partial charge in [-0.3, -0.25) is 4.72 Å². The summed E-state index contributed by atoms with van der Waals surface area (Å²) >= 11 is 0. The van der Waals surface area contributed by atoms with Crippen molar-refractivity contribution in [1.29, 1.82) is 0 Å². The molecule has 0 saturated carbocycles. The molecule has 0 saturated heterocycles. The van der Waals surface area contributed by atoms with Gasteiger partial charge < -0.3 is 0 Å². The van der Waals surface area contributed by atoms with Crippen LogP contribution in [0.15, 0.2) is 18.2 Å². The van der Waals surface area contributed by atoms with Gasteiger partial charge in [0.05, 0.1) is 11.4 Å². The summed E-state index contributed by atoms with van der Waals surface area (Å²) in [5, 5.41) is 0. The molecule has 1 aromatic carbocycles. The van der Waals surface area contributed by atoms with Gasteiger partial charge in [-0.25, -0.2) is 8.42 Å². The first-order valence-electron chi connectivity index (χ1n) is 4.73. The first-order valence-corrected chi connectivity index (χ1v) is 6.38. The van der Waals surface area contributed by atoms with Crippen molar-refractivity contribution in [3.8, 4) is 0 Å². The van der Waals surface area contributed by atoms with Crippen LogP contribution >= 0.6 is 0 Å². The SMILES string of the molecule is CCc1ccc2c(c1)CCS(=O)(=O)N2. The molecule has 76 valence electrons. The first kappa shape index (κ1) is 9.52. The van der Waals surface area contributed by atoms with Crippen molar-refractivity contribution in [2.45, 2.75) is 19.8 Å². The zero-order valence-electron chi connectivity index (χ0n) is 8.08. The van der Waals surface area contributed by atoms with Gasteiger partial charge in [0.1, 0.15) is 0 Å². The van der Waals surface area contributed by atoms with Gasteiger partial charge in [0.2, 0.25) is 10.0 Å². The molecule has 0 amide bonds. The van der Waals surface area contributed by atoms with Gasteiger partial charge >= 0.3 is 0 Å². The first-order chi connectivity index (χ1) is 6.61. The number of anilines is 1. The van der Waals surface area contributed by atoms with E-state index in [1.807, 2.05) is 12.1 Å². The molecular weight excluding hydrogens is 198 g/mol. The minimum absolute atomic E-state index is 0.202. The molecule has 0 bridgehead atoms. The Bertz CT molecular complexity index is 451. The summed E-state index contributed by atoms with van der Waals surface area (Å²) < 4.78 is 25.1. The fourth-order valence-corrected chi connectivity index (χ4v) is 2.76. The van der Waals surface area contributed by atoms with E-state index in [1.54, 1.807) is 0 Å². The third kappa shape index (κ3) is 1.75. The van der Waals surface area contributed by atoms with Crippen molar-refractivity contribution in [1.82, 2.24) is 0 Å². The van der Waals surface area contributed by atoms with Gasteiger partial charge in [-0.15, -0.1) is 0 Å². The Labute approximate surface area is 84.2 Å². The Balaban J connectivity index is 2.42. The van der Waals surface area contributed by atoms with Gasteiger partial charge in [-0.2, -0.15) is 0 Å². The maximum absolute atomic E-state index is 11.3. The van der Waals surface area contributed by atoms with Crippen LogP contribution in [0.25, 0.3) is 0 Å². The van der Waals surface area contributed by atoms with Crippen molar-refractivity contribution in [3.63, 3.8) is 0 Å². The maximum Gasteiger partial charge on any atom is 0.233 e. The van der Waals surface area contributed by atoms with E-state index < -0.39 is 10.0 Å². The third-order valence-corrected chi connectivity index (χ3v) is 3.76. The number of fused-ring (bicyclic) bond motifs is 1. The summed E-state index contributed by atoms with van der Waals surface area (Å²) in [6.07, 6.45) is 1.61. The smallest absolute Gasteiger partial charge is 0.233 e. The molecule has 3 nitrogen and oxygen atoms in total. The van der Waals surface area contributed by atoms with E-state index in [4.69, 9.17) is 0 Å². The summed E-state index contributed by atoms with van der Waals surface area (Å²) in [4.78, 5) is 0. The summed E-state index contributed by atoms with van der Waals surface area (Å²) in [5.41, 5.74) is 3.11. The van der Waals surface area contributed by atoms with E-state index in [0.29, 0.717) is 6.42 Å². The van der Waals surface area contributed by atoms with Gasteiger partial charge in [0.15, 0.2) is 0 Å². The van der Waals surface area contributed by atoms with E-state index in [1.165, 1.54) is 5.56 Å². The summed E-state index contributed by atoms with van der Waals surface area (Å²) in [6, 6.07) is 5.90. The van der Waals surface area contributed by atoms with Crippen LogP contribution in [0.1, 0.15) is 18.1 Å². The number of rotatable bonds is 1. The summed E-state index contributed by atoms with van der Waals surface area (Å²) in [5.74, 6) is 0.202. The fraction of sp³-hybridized carbons (Fsp3) is 0.400. The van der Waals surface area contributed by atoms with E-state index in [2.05, 4.69) is 17.7 Å². The molecule has 4 heteroatoms. The van der Waals surface area contributed by atoms with Crippen molar-refractivity contribution < 1.29 is 8.42 Å². The van der Waals surface area contributed by atoms with E-state index in [9.17, 15) is 8.42 Å². The Hall–Kier alpha value is -1.03. The molecular formula is C10H13NO2S. The Morgan fingerprint density at radius 3 is 2.93 bits per heavy atom. The van der Waals surface area contributed by atoms with Gasteiger partial charge in [-0.05, 0) is 30.0 Å². The van der Waals surface area contributed by atoms with Crippen LogP contribution in [0.4, 0.5) is 5.69 Å². The number of sulfonamides is 1. The number of hydrogen-bond donors (Lipinski definition) is 1.